The molecular weight excluding hydrogens is 276 g/mol. The Balaban J connectivity index is 2.78. The number of pyridine rings is 1. The van der Waals surface area contributed by atoms with Gasteiger partial charge in [-0.05, 0) is 42.2 Å². The average molecular weight is 293 g/mol. The van der Waals surface area contributed by atoms with E-state index >= 15 is 0 Å². The van der Waals surface area contributed by atoms with Crippen LogP contribution in [0.1, 0.15) is 30.9 Å². The summed E-state index contributed by atoms with van der Waals surface area (Å²) in [5.74, 6) is 1.45. The van der Waals surface area contributed by atoms with Gasteiger partial charge in [0.25, 0.3) is 0 Å². The van der Waals surface area contributed by atoms with E-state index in [9.17, 15) is 0 Å². The van der Waals surface area contributed by atoms with Crippen LogP contribution in [0.25, 0.3) is 10.9 Å². The second-order valence-electron chi connectivity index (χ2n) is 4.63. The fraction of sp³-hybridized carbons (Fsp3) is 0.357. The fourth-order valence-corrected chi connectivity index (χ4v) is 2.67. The van der Waals surface area contributed by atoms with E-state index in [1.54, 1.807) is 0 Å². The van der Waals surface area contributed by atoms with Crippen molar-refractivity contribution >= 4 is 32.7 Å². The first-order valence-corrected chi connectivity index (χ1v) is 6.60. The molecule has 0 atom stereocenters. The maximum Gasteiger partial charge on any atom is 0.129 e. The zero-order chi connectivity index (χ0) is 12.6. The Morgan fingerprint density at radius 2 is 1.94 bits per heavy atom. The van der Waals surface area contributed by atoms with Crippen molar-refractivity contribution in [3.63, 3.8) is 0 Å². The van der Waals surface area contributed by atoms with Crippen molar-refractivity contribution in [1.82, 2.24) is 4.98 Å². The molecule has 90 valence electrons. The predicted octanol–water partition coefficient (Wildman–Crippen LogP) is 4.47. The summed E-state index contributed by atoms with van der Waals surface area (Å²) in [5.41, 5.74) is 3.53. The molecule has 0 aliphatic carbocycles. The van der Waals surface area contributed by atoms with Crippen LogP contribution in [0, 0.1) is 6.92 Å². The van der Waals surface area contributed by atoms with E-state index in [0.29, 0.717) is 5.92 Å². The lowest BCUT2D eigenvalue weighted by molar-refractivity contribution is 0.864. The van der Waals surface area contributed by atoms with E-state index in [1.807, 2.05) is 7.05 Å². The summed E-state index contributed by atoms with van der Waals surface area (Å²) in [6, 6.07) is 6.46. The molecule has 0 amide bonds. The Kier molecular flexibility index (Phi) is 3.38. The van der Waals surface area contributed by atoms with Crippen molar-refractivity contribution in [2.45, 2.75) is 26.7 Å². The third kappa shape index (κ3) is 2.29. The predicted molar refractivity (Wildman–Crippen MR) is 77.8 cm³/mol. The van der Waals surface area contributed by atoms with Crippen molar-refractivity contribution in [3.8, 4) is 0 Å². The Morgan fingerprint density at radius 1 is 1.24 bits per heavy atom. The van der Waals surface area contributed by atoms with Gasteiger partial charge in [0.15, 0.2) is 0 Å². The molecule has 0 aliphatic heterocycles. The monoisotopic (exact) mass is 292 g/mol. The number of aryl methyl sites for hydroxylation is 1. The molecule has 1 aromatic carbocycles. The third-order valence-electron chi connectivity index (χ3n) is 2.96. The van der Waals surface area contributed by atoms with E-state index in [4.69, 9.17) is 4.98 Å². The second-order valence-corrected chi connectivity index (χ2v) is 5.54. The fourth-order valence-electron chi connectivity index (χ4n) is 2.08. The molecule has 0 unspecified atom stereocenters. The van der Waals surface area contributed by atoms with Gasteiger partial charge < -0.3 is 5.32 Å². The molecule has 2 aromatic rings. The normalized spacial score (nSPS) is 11.2. The minimum Gasteiger partial charge on any atom is -0.373 e. The minimum atomic E-state index is 0.466. The molecule has 0 fully saturated rings. The second kappa shape index (κ2) is 4.65. The summed E-state index contributed by atoms with van der Waals surface area (Å²) in [4.78, 5) is 4.72. The van der Waals surface area contributed by atoms with Crippen LogP contribution in [-0.2, 0) is 0 Å². The van der Waals surface area contributed by atoms with Crippen molar-refractivity contribution in [2.24, 2.45) is 0 Å². The summed E-state index contributed by atoms with van der Waals surface area (Å²) in [5, 5.41) is 4.38. The van der Waals surface area contributed by atoms with Crippen LogP contribution in [0.5, 0.6) is 0 Å². The zero-order valence-electron chi connectivity index (χ0n) is 10.6. The maximum absolute atomic E-state index is 4.72. The molecule has 0 aliphatic rings. The molecule has 2 rings (SSSR count). The van der Waals surface area contributed by atoms with E-state index in [0.717, 1.165) is 15.8 Å². The highest BCUT2D eigenvalue weighted by Gasteiger charge is 2.10. The highest BCUT2D eigenvalue weighted by Crippen LogP contribution is 2.29. The van der Waals surface area contributed by atoms with E-state index in [2.05, 4.69) is 60.2 Å². The molecule has 0 spiro atoms. The summed E-state index contributed by atoms with van der Waals surface area (Å²) < 4.78 is 1.11. The van der Waals surface area contributed by atoms with Gasteiger partial charge in [0.2, 0.25) is 0 Å². The number of nitrogens with one attached hydrogen (secondary N) is 1. The number of nitrogens with zero attached hydrogens (tertiary/aromatic N) is 1. The largest absolute Gasteiger partial charge is 0.373 e. The van der Waals surface area contributed by atoms with Crippen LogP contribution in [0.4, 0.5) is 5.82 Å². The number of hydrogen-bond donors (Lipinski definition) is 1. The Hall–Kier alpha value is -1.09. The lowest BCUT2D eigenvalue weighted by atomic mass is 10.0. The Labute approximate surface area is 111 Å². The first kappa shape index (κ1) is 12.4. The summed E-state index contributed by atoms with van der Waals surface area (Å²) in [6.07, 6.45) is 0. The molecule has 1 aromatic heterocycles. The van der Waals surface area contributed by atoms with Crippen LogP contribution in [0.15, 0.2) is 22.7 Å². The van der Waals surface area contributed by atoms with Crippen molar-refractivity contribution in [2.75, 3.05) is 12.4 Å². The molecule has 1 N–H and O–H groups in total. The minimum absolute atomic E-state index is 0.466. The Bertz CT molecular complexity index is 562. The molecule has 3 heteroatoms. The zero-order valence-corrected chi connectivity index (χ0v) is 12.2. The molecule has 0 radical (unpaired) electrons. The molecular formula is C14H17BrN2. The first-order chi connectivity index (χ1) is 8.02. The van der Waals surface area contributed by atoms with E-state index in [1.165, 1.54) is 16.5 Å². The van der Waals surface area contributed by atoms with E-state index < -0.39 is 0 Å². The SMILES string of the molecule is CNc1nc2c(C)cc(Br)cc2cc1C(C)C. The summed E-state index contributed by atoms with van der Waals surface area (Å²) in [7, 11) is 1.92. The third-order valence-corrected chi connectivity index (χ3v) is 3.42. The number of hydrogen-bond acceptors (Lipinski definition) is 2. The van der Waals surface area contributed by atoms with Crippen molar-refractivity contribution < 1.29 is 0 Å². The summed E-state index contributed by atoms with van der Waals surface area (Å²) in [6.45, 7) is 6.47. The Morgan fingerprint density at radius 3 is 2.53 bits per heavy atom. The van der Waals surface area contributed by atoms with Gasteiger partial charge in [0.05, 0.1) is 5.52 Å². The van der Waals surface area contributed by atoms with Gasteiger partial charge >= 0.3 is 0 Å². The molecule has 2 nitrogen and oxygen atoms in total. The van der Waals surface area contributed by atoms with Gasteiger partial charge in [0.1, 0.15) is 5.82 Å². The van der Waals surface area contributed by atoms with Gasteiger partial charge in [-0.1, -0.05) is 29.8 Å². The standard InChI is InChI=1S/C14H17BrN2/c1-8(2)12-7-10-6-11(15)5-9(3)13(10)17-14(12)16-4/h5-8H,1-4H3,(H,16,17). The lowest BCUT2D eigenvalue weighted by Gasteiger charge is -2.14. The van der Waals surface area contributed by atoms with Gasteiger partial charge in [-0.3, -0.25) is 0 Å². The molecule has 0 saturated carbocycles. The van der Waals surface area contributed by atoms with Crippen LogP contribution >= 0.6 is 15.9 Å². The van der Waals surface area contributed by atoms with Gasteiger partial charge in [-0.2, -0.15) is 0 Å². The van der Waals surface area contributed by atoms with Gasteiger partial charge in [-0.15, -0.1) is 0 Å². The number of rotatable bonds is 2. The highest BCUT2D eigenvalue weighted by atomic mass is 79.9. The number of anilines is 1. The number of fused-ring (bicyclic) bond motifs is 1. The molecule has 17 heavy (non-hydrogen) atoms. The number of benzene rings is 1. The van der Waals surface area contributed by atoms with Crippen molar-refractivity contribution in [3.05, 3.63) is 33.8 Å². The summed E-state index contributed by atoms with van der Waals surface area (Å²) >= 11 is 3.54. The molecule has 1 heterocycles. The average Bonchev–Trinajstić information content (AvgIpc) is 2.27. The van der Waals surface area contributed by atoms with Crippen molar-refractivity contribution in [1.29, 1.82) is 0 Å². The van der Waals surface area contributed by atoms with Crippen LogP contribution < -0.4 is 5.32 Å². The van der Waals surface area contributed by atoms with Crippen LogP contribution in [0.3, 0.4) is 0 Å². The number of halogens is 1. The quantitative estimate of drug-likeness (QED) is 0.883. The topological polar surface area (TPSA) is 24.9 Å². The van der Waals surface area contributed by atoms with Crippen LogP contribution in [-0.4, -0.2) is 12.0 Å². The first-order valence-electron chi connectivity index (χ1n) is 5.81. The van der Waals surface area contributed by atoms with Gasteiger partial charge in [-0.25, -0.2) is 4.98 Å². The van der Waals surface area contributed by atoms with E-state index in [-0.39, 0.29) is 0 Å². The maximum atomic E-state index is 4.72. The lowest BCUT2D eigenvalue weighted by Crippen LogP contribution is -2.01. The number of aromatic nitrogens is 1. The van der Waals surface area contributed by atoms with Crippen LogP contribution in [0.2, 0.25) is 0 Å². The molecule has 0 saturated heterocycles. The van der Waals surface area contributed by atoms with Gasteiger partial charge in [0, 0.05) is 16.9 Å². The highest BCUT2D eigenvalue weighted by molar-refractivity contribution is 9.10. The molecule has 0 bridgehead atoms. The smallest absolute Gasteiger partial charge is 0.129 e.